The van der Waals surface area contributed by atoms with Gasteiger partial charge in [-0.1, -0.05) is 29.3 Å². The second-order valence-electron chi connectivity index (χ2n) is 4.78. The summed E-state index contributed by atoms with van der Waals surface area (Å²) in [6.07, 6.45) is 1.39. The summed E-state index contributed by atoms with van der Waals surface area (Å²) in [7, 11) is 1.41. The molecule has 2 rings (SSSR count). The van der Waals surface area contributed by atoms with Gasteiger partial charge in [0.2, 0.25) is 0 Å². The summed E-state index contributed by atoms with van der Waals surface area (Å²) < 4.78 is 5.59. The Labute approximate surface area is 168 Å². The zero-order valence-electron chi connectivity index (χ0n) is 12.8. The van der Waals surface area contributed by atoms with Crippen LogP contribution in [0.25, 0.3) is 6.08 Å². The van der Waals surface area contributed by atoms with E-state index < -0.39 is 5.91 Å². The van der Waals surface area contributed by atoms with E-state index >= 15 is 0 Å². The van der Waals surface area contributed by atoms with Gasteiger partial charge in [-0.05, 0) is 58.5 Å². The van der Waals surface area contributed by atoms with E-state index in [1.54, 1.807) is 24.3 Å². The molecule has 128 valence electrons. The molecule has 0 heterocycles. The summed E-state index contributed by atoms with van der Waals surface area (Å²) in [4.78, 5) is 12.3. The second kappa shape index (κ2) is 8.43. The van der Waals surface area contributed by atoms with Gasteiger partial charge in [-0.25, -0.2) is 0 Å². The smallest absolute Gasteiger partial charge is 0.266 e. The highest BCUT2D eigenvalue weighted by Crippen LogP contribution is 2.33. The van der Waals surface area contributed by atoms with E-state index in [1.807, 2.05) is 28.7 Å². The topological polar surface area (TPSA) is 82.3 Å². The van der Waals surface area contributed by atoms with Crippen LogP contribution < -0.4 is 10.1 Å². The first-order valence-electron chi connectivity index (χ1n) is 6.81. The maximum absolute atomic E-state index is 12.3. The fourth-order valence-electron chi connectivity index (χ4n) is 1.94. The molecule has 0 spiro atoms. The highest BCUT2D eigenvalue weighted by molar-refractivity contribution is 14.1. The number of benzene rings is 2. The zero-order chi connectivity index (χ0) is 18.6. The first-order valence-corrected chi connectivity index (χ1v) is 8.64. The molecule has 0 saturated carbocycles. The Kier molecular flexibility index (Phi) is 6.53. The van der Waals surface area contributed by atoms with Gasteiger partial charge in [0.15, 0.2) is 11.5 Å². The minimum atomic E-state index is -0.631. The number of ether oxygens (including phenoxy) is 1. The maximum Gasteiger partial charge on any atom is 0.266 e. The number of nitriles is 1. The lowest BCUT2D eigenvalue weighted by Gasteiger charge is -2.09. The fraction of sp³-hybridized carbons (Fsp3) is 0.0588. The average molecular weight is 489 g/mol. The molecule has 0 bridgehead atoms. The molecule has 0 aliphatic heterocycles. The molecule has 1 amide bonds. The van der Waals surface area contributed by atoms with Crippen molar-refractivity contribution in [1.82, 2.24) is 0 Å². The molecule has 2 aromatic carbocycles. The average Bonchev–Trinajstić information content (AvgIpc) is 2.59. The normalized spacial score (nSPS) is 10.9. The van der Waals surface area contributed by atoms with Crippen molar-refractivity contribution in [2.45, 2.75) is 0 Å². The first-order chi connectivity index (χ1) is 11.9. The number of hydrogen-bond acceptors (Lipinski definition) is 4. The van der Waals surface area contributed by atoms with Crippen LogP contribution in [-0.2, 0) is 4.79 Å². The van der Waals surface area contributed by atoms with Crippen LogP contribution >= 0.6 is 45.8 Å². The molecule has 25 heavy (non-hydrogen) atoms. The van der Waals surface area contributed by atoms with Crippen molar-refractivity contribution in [2.75, 3.05) is 12.4 Å². The summed E-state index contributed by atoms with van der Waals surface area (Å²) in [6, 6.07) is 9.78. The Hall–Kier alpha value is -1.95. The van der Waals surface area contributed by atoms with Gasteiger partial charge in [-0.15, -0.1) is 0 Å². The van der Waals surface area contributed by atoms with Crippen LogP contribution in [0.5, 0.6) is 11.5 Å². The molecular formula is C17H11Cl2IN2O3. The third-order valence-electron chi connectivity index (χ3n) is 3.15. The van der Waals surface area contributed by atoms with Crippen molar-refractivity contribution in [1.29, 1.82) is 5.26 Å². The Morgan fingerprint density at radius 3 is 2.76 bits per heavy atom. The van der Waals surface area contributed by atoms with Crippen LogP contribution in [0.2, 0.25) is 10.0 Å². The van der Waals surface area contributed by atoms with E-state index in [0.717, 1.165) is 0 Å². The molecule has 0 aromatic heterocycles. The van der Waals surface area contributed by atoms with Crippen LogP contribution in [0.1, 0.15) is 5.56 Å². The lowest BCUT2D eigenvalue weighted by Crippen LogP contribution is -2.13. The van der Waals surface area contributed by atoms with Crippen LogP contribution in [0.15, 0.2) is 35.9 Å². The molecule has 5 nitrogen and oxygen atoms in total. The van der Waals surface area contributed by atoms with Gasteiger partial charge in [0.1, 0.15) is 11.6 Å². The van der Waals surface area contributed by atoms with E-state index in [2.05, 4.69) is 5.32 Å². The number of hydrogen-bond donors (Lipinski definition) is 2. The van der Waals surface area contributed by atoms with Gasteiger partial charge >= 0.3 is 0 Å². The molecular weight excluding hydrogens is 478 g/mol. The molecule has 0 radical (unpaired) electrons. The molecule has 2 N–H and O–H groups in total. The Balaban J connectivity index is 2.34. The van der Waals surface area contributed by atoms with Crippen LogP contribution in [-0.4, -0.2) is 18.1 Å². The summed E-state index contributed by atoms with van der Waals surface area (Å²) in [5.74, 6) is -0.392. The summed E-state index contributed by atoms with van der Waals surface area (Å²) in [5, 5.41) is 22.2. The van der Waals surface area contributed by atoms with E-state index in [4.69, 9.17) is 27.9 Å². The predicted molar refractivity (Wildman–Crippen MR) is 106 cm³/mol. The predicted octanol–water partition coefficient (Wildman–Crippen LogP) is 4.86. The Bertz CT molecular complexity index is 907. The SMILES string of the molecule is COc1cc(/C=C(\C#N)C(=O)Nc2cccc(Cl)c2Cl)cc(I)c1O. The number of halogens is 3. The number of nitrogens with one attached hydrogen (secondary N) is 1. The molecule has 0 saturated heterocycles. The lowest BCUT2D eigenvalue weighted by atomic mass is 10.1. The third kappa shape index (κ3) is 4.57. The van der Waals surface area contributed by atoms with Gasteiger partial charge in [0.25, 0.3) is 5.91 Å². The molecule has 8 heteroatoms. The monoisotopic (exact) mass is 488 g/mol. The number of phenolic OH excluding ortho intramolecular Hbond substituents is 1. The van der Waals surface area contributed by atoms with E-state index in [0.29, 0.717) is 19.8 Å². The van der Waals surface area contributed by atoms with Crippen LogP contribution in [0.4, 0.5) is 5.69 Å². The molecule has 2 aromatic rings. The minimum Gasteiger partial charge on any atom is -0.504 e. The Morgan fingerprint density at radius 2 is 2.12 bits per heavy atom. The van der Waals surface area contributed by atoms with Crippen molar-refractivity contribution in [3.05, 3.63) is 55.1 Å². The molecule has 0 fully saturated rings. The summed E-state index contributed by atoms with van der Waals surface area (Å²) in [6.45, 7) is 0. The van der Waals surface area contributed by atoms with Gasteiger partial charge < -0.3 is 15.2 Å². The van der Waals surface area contributed by atoms with Crippen LogP contribution in [0.3, 0.4) is 0 Å². The number of carbonyl (C=O) groups excluding carboxylic acids is 1. The Morgan fingerprint density at radius 1 is 1.40 bits per heavy atom. The second-order valence-corrected chi connectivity index (χ2v) is 6.73. The number of carbonyl (C=O) groups is 1. The zero-order valence-corrected chi connectivity index (χ0v) is 16.5. The van der Waals surface area contributed by atoms with Crippen molar-refractivity contribution < 1.29 is 14.6 Å². The summed E-state index contributed by atoms with van der Waals surface area (Å²) in [5.41, 5.74) is 0.695. The minimum absolute atomic E-state index is 0.00563. The highest BCUT2D eigenvalue weighted by Gasteiger charge is 2.14. The lowest BCUT2D eigenvalue weighted by molar-refractivity contribution is -0.112. The maximum atomic E-state index is 12.3. The van der Waals surface area contributed by atoms with Gasteiger partial charge in [-0.3, -0.25) is 4.79 Å². The van der Waals surface area contributed by atoms with Crippen molar-refractivity contribution in [3.8, 4) is 17.6 Å². The molecule has 0 aliphatic rings. The highest BCUT2D eigenvalue weighted by atomic mass is 127. The number of aromatic hydroxyl groups is 1. The summed E-state index contributed by atoms with van der Waals surface area (Å²) >= 11 is 13.9. The van der Waals surface area contributed by atoms with Crippen molar-refractivity contribution in [3.63, 3.8) is 0 Å². The number of phenols is 1. The standard InChI is InChI=1S/C17H11Cl2IN2O3/c1-25-14-7-9(6-12(20)16(14)23)5-10(8-21)17(24)22-13-4-2-3-11(18)15(13)19/h2-7,23H,1H3,(H,22,24)/b10-5+. The van der Waals surface area contributed by atoms with Crippen molar-refractivity contribution in [2.24, 2.45) is 0 Å². The van der Waals surface area contributed by atoms with Gasteiger partial charge in [-0.2, -0.15) is 5.26 Å². The number of anilines is 1. The largest absolute Gasteiger partial charge is 0.504 e. The van der Waals surface area contributed by atoms with Gasteiger partial charge in [0, 0.05) is 0 Å². The van der Waals surface area contributed by atoms with E-state index in [9.17, 15) is 15.2 Å². The number of methoxy groups -OCH3 is 1. The fourth-order valence-corrected chi connectivity index (χ4v) is 2.91. The van der Waals surface area contributed by atoms with Crippen LogP contribution in [0, 0.1) is 14.9 Å². The quantitative estimate of drug-likeness (QED) is 0.366. The third-order valence-corrected chi connectivity index (χ3v) is 4.79. The van der Waals surface area contributed by atoms with E-state index in [1.165, 1.54) is 19.3 Å². The van der Waals surface area contributed by atoms with E-state index in [-0.39, 0.29) is 22.1 Å². The first kappa shape index (κ1) is 19.4. The van der Waals surface area contributed by atoms with Crippen molar-refractivity contribution >= 4 is 63.5 Å². The number of rotatable bonds is 4. The number of amides is 1. The van der Waals surface area contributed by atoms with Gasteiger partial charge in [0.05, 0.1) is 26.4 Å². The number of nitrogens with zero attached hydrogens (tertiary/aromatic N) is 1. The molecule has 0 atom stereocenters. The molecule has 0 unspecified atom stereocenters. The molecule has 0 aliphatic carbocycles.